The SMILES string of the molecule is Cn1cc(C=O)c2cccc(F)c21. The van der Waals surface area contributed by atoms with Gasteiger partial charge in [-0.3, -0.25) is 4.79 Å². The second-order valence-electron chi connectivity index (χ2n) is 2.95. The molecular formula is C10H8FNO. The molecule has 0 bridgehead atoms. The third-order valence-corrected chi connectivity index (χ3v) is 2.11. The van der Waals surface area contributed by atoms with E-state index in [1.807, 2.05) is 0 Å². The number of aromatic nitrogens is 1. The lowest BCUT2D eigenvalue weighted by molar-refractivity contribution is 0.112. The summed E-state index contributed by atoms with van der Waals surface area (Å²) in [5, 5.41) is 0.664. The van der Waals surface area contributed by atoms with Crippen LogP contribution in [0.25, 0.3) is 10.9 Å². The molecule has 0 spiro atoms. The molecule has 0 saturated carbocycles. The van der Waals surface area contributed by atoms with Gasteiger partial charge in [-0.1, -0.05) is 12.1 Å². The summed E-state index contributed by atoms with van der Waals surface area (Å²) in [4.78, 5) is 10.6. The molecule has 3 heteroatoms. The minimum Gasteiger partial charge on any atom is -0.347 e. The molecule has 0 fully saturated rings. The molecule has 0 unspecified atom stereocenters. The fraction of sp³-hybridized carbons (Fsp3) is 0.100. The topological polar surface area (TPSA) is 22.0 Å². The van der Waals surface area contributed by atoms with E-state index in [4.69, 9.17) is 0 Å². The molecule has 1 aromatic carbocycles. The lowest BCUT2D eigenvalue weighted by Crippen LogP contribution is -1.86. The maximum Gasteiger partial charge on any atom is 0.152 e. The third-order valence-electron chi connectivity index (χ3n) is 2.11. The standard InChI is InChI=1S/C10H8FNO/c1-12-5-7(6-13)8-3-2-4-9(11)10(8)12/h2-6H,1H3. The van der Waals surface area contributed by atoms with Crippen LogP contribution in [0.2, 0.25) is 0 Å². The highest BCUT2D eigenvalue weighted by molar-refractivity contribution is 5.97. The molecule has 2 aromatic rings. The van der Waals surface area contributed by atoms with Gasteiger partial charge in [0, 0.05) is 24.2 Å². The van der Waals surface area contributed by atoms with Crippen LogP contribution in [0.4, 0.5) is 4.39 Å². The van der Waals surface area contributed by atoms with Gasteiger partial charge in [-0.05, 0) is 6.07 Å². The average Bonchev–Trinajstić information content (AvgIpc) is 2.44. The van der Waals surface area contributed by atoms with Crippen molar-refractivity contribution in [2.75, 3.05) is 0 Å². The quantitative estimate of drug-likeness (QED) is 0.611. The first-order valence-corrected chi connectivity index (χ1v) is 3.93. The molecule has 0 amide bonds. The predicted molar refractivity (Wildman–Crippen MR) is 48.3 cm³/mol. The summed E-state index contributed by atoms with van der Waals surface area (Å²) >= 11 is 0. The summed E-state index contributed by atoms with van der Waals surface area (Å²) in [6.07, 6.45) is 2.36. The minimum absolute atomic E-state index is 0.298. The molecule has 0 radical (unpaired) electrons. The summed E-state index contributed by atoms with van der Waals surface area (Å²) in [6.45, 7) is 0. The van der Waals surface area contributed by atoms with Gasteiger partial charge < -0.3 is 4.57 Å². The fourth-order valence-electron chi connectivity index (χ4n) is 1.54. The highest BCUT2D eigenvalue weighted by Crippen LogP contribution is 2.21. The number of para-hydroxylation sites is 1. The van der Waals surface area contributed by atoms with Gasteiger partial charge in [-0.25, -0.2) is 4.39 Å². The molecule has 0 aliphatic heterocycles. The van der Waals surface area contributed by atoms with E-state index in [-0.39, 0.29) is 5.82 Å². The molecule has 0 N–H and O–H groups in total. The number of halogens is 1. The van der Waals surface area contributed by atoms with Crippen molar-refractivity contribution in [3.05, 3.63) is 35.8 Å². The molecular weight excluding hydrogens is 169 g/mol. The van der Waals surface area contributed by atoms with Crippen LogP contribution in [0.3, 0.4) is 0 Å². The lowest BCUT2D eigenvalue weighted by Gasteiger charge is -1.96. The second kappa shape index (κ2) is 2.69. The minimum atomic E-state index is -0.298. The molecule has 1 aromatic heterocycles. The zero-order chi connectivity index (χ0) is 9.42. The Bertz CT molecular complexity index is 473. The third kappa shape index (κ3) is 1.04. The Morgan fingerprint density at radius 2 is 2.23 bits per heavy atom. The van der Waals surface area contributed by atoms with Crippen LogP contribution in [-0.2, 0) is 7.05 Å². The highest BCUT2D eigenvalue weighted by atomic mass is 19.1. The van der Waals surface area contributed by atoms with E-state index in [2.05, 4.69) is 0 Å². The molecule has 0 atom stereocenters. The van der Waals surface area contributed by atoms with Gasteiger partial charge in [-0.15, -0.1) is 0 Å². The molecule has 0 saturated heterocycles. The maximum absolute atomic E-state index is 13.3. The number of hydrogen-bond acceptors (Lipinski definition) is 1. The average molecular weight is 177 g/mol. The number of aldehydes is 1. The number of benzene rings is 1. The first-order valence-electron chi connectivity index (χ1n) is 3.93. The molecule has 2 rings (SSSR count). The Kier molecular flexibility index (Phi) is 1.65. The number of hydrogen-bond donors (Lipinski definition) is 0. The van der Waals surface area contributed by atoms with E-state index < -0.39 is 0 Å². The van der Waals surface area contributed by atoms with Gasteiger partial charge in [0.2, 0.25) is 0 Å². The van der Waals surface area contributed by atoms with E-state index in [1.54, 1.807) is 29.9 Å². The van der Waals surface area contributed by atoms with Crippen molar-refractivity contribution in [1.82, 2.24) is 4.57 Å². The normalized spacial score (nSPS) is 10.6. The van der Waals surface area contributed by atoms with Crippen molar-refractivity contribution in [1.29, 1.82) is 0 Å². The van der Waals surface area contributed by atoms with Crippen molar-refractivity contribution in [2.45, 2.75) is 0 Å². The van der Waals surface area contributed by atoms with E-state index >= 15 is 0 Å². The number of fused-ring (bicyclic) bond motifs is 1. The summed E-state index contributed by atoms with van der Waals surface area (Å²) in [5.41, 5.74) is 1.00. The summed E-state index contributed by atoms with van der Waals surface area (Å²) in [5.74, 6) is -0.298. The van der Waals surface area contributed by atoms with Gasteiger partial charge in [0.1, 0.15) is 5.82 Å². The maximum atomic E-state index is 13.3. The zero-order valence-electron chi connectivity index (χ0n) is 7.12. The number of nitrogens with zero attached hydrogens (tertiary/aromatic N) is 1. The summed E-state index contributed by atoms with van der Waals surface area (Å²) in [6, 6.07) is 4.73. The van der Waals surface area contributed by atoms with Crippen LogP contribution < -0.4 is 0 Å². The Hall–Kier alpha value is -1.64. The summed E-state index contributed by atoms with van der Waals surface area (Å²) in [7, 11) is 1.72. The van der Waals surface area contributed by atoms with Crippen molar-refractivity contribution in [3.63, 3.8) is 0 Å². The van der Waals surface area contributed by atoms with E-state index in [9.17, 15) is 9.18 Å². The first kappa shape index (κ1) is 7.98. The molecule has 1 heterocycles. The molecule has 0 aliphatic rings. The smallest absolute Gasteiger partial charge is 0.152 e. The van der Waals surface area contributed by atoms with E-state index in [0.717, 1.165) is 6.29 Å². The van der Waals surface area contributed by atoms with Crippen LogP contribution in [0.15, 0.2) is 24.4 Å². The Morgan fingerprint density at radius 3 is 2.92 bits per heavy atom. The van der Waals surface area contributed by atoms with Crippen molar-refractivity contribution in [3.8, 4) is 0 Å². The second-order valence-corrected chi connectivity index (χ2v) is 2.95. The summed E-state index contributed by atoms with van der Waals surface area (Å²) < 4.78 is 14.9. The van der Waals surface area contributed by atoms with Gasteiger partial charge in [0.15, 0.2) is 6.29 Å². The lowest BCUT2D eigenvalue weighted by atomic mass is 10.2. The first-order chi connectivity index (χ1) is 6.24. The Labute approximate surface area is 74.6 Å². The molecule has 0 aliphatic carbocycles. The van der Waals surface area contributed by atoms with Gasteiger partial charge in [-0.2, -0.15) is 0 Å². The zero-order valence-corrected chi connectivity index (χ0v) is 7.12. The number of rotatable bonds is 1. The van der Waals surface area contributed by atoms with Crippen LogP contribution in [0.1, 0.15) is 10.4 Å². The van der Waals surface area contributed by atoms with E-state index in [1.165, 1.54) is 6.07 Å². The molecule has 13 heavy (non-hydrogen) atoms. The molecule has 66 valence electrons. The number of carbonyl (C=O) groups excluding carboxylic acids is 1. The monoisotopic (exact) mass is 177 g/mol. The van der Waals surface area contributed by atoms with E-state index in [0.29, 0.717) is 16.5 Å². The fourth-order valence-corrected chi connectivity index (χ4v) is 1.54. The van der Waals surface area contributed by atoms with Crippen LogP contribution in [0.5, 0.6) is 0 Å². The largest absolute Gasteiger partial charge is 0.347 e. The Morgan fingerprint density at radius 1 is 1.46 bits per heavy atom. The van der Waals surface area contributed by atoms with Crippen LogP contribution in [0, 0.1) is 5.82 Å². The van der Waals surface area contributed by atoms with Gasteiger partial charge in [0.25, 0.3) is 0 Å². The van der Waals surface area contributed by atoms with Crippen LogP contribution >= 0.6 is 0 Å². The van der Waals surface area contributed by atoms with Gasteiger partial charge in [0.05, 0.1) is 5.52 Å². The highest BCUT2D eigenvalue weighted by Gasteiger charge is 2.08. The van der Waals surface area contributed by atoms with Gasteiger partial charge >= 0.3 is 0 Å². The predicted octanol–water partition coefficient (Wildman–Crippen LogP) is 2.13. The van der Waals surface area contributed by atoms with Crippen molar-refractivity contribution in [2.24, 2.45) is 7.05 Å². The number of carbonyl (C=O) groups is 1. The van der Waals surface area contributed by atoms with Crippen molar-refractivity contribution < 1.29 is 9.18 Å². The van der Waals surface area contributed by atoms with Crippen molar-refractivity contribution >= 4 is 17.2 Å². The number of aryl methyl sites for hydroxylation is 1. The Balaban J connectivity index is 2.95. The van der Waals surface area contributed by atoms with Crippen LogP contribution in [-0.4, -0.2) is 10.9 Å². The molecule has 2 nitrogen and oxygen atoms in total.